The van der Waals surface area contributed by atoms with E-state index in [1.165, 1.54) is 0 Å². The van der Waals surface area contributed by atoms with E-state index in [0.717, 1.165) is 35.5 Å². The fourth-order valence-electron chi connectivity index (χ4n) is 3.10. The number of hydrogen-bond donors (Lipinski definition) is 1. The van der Waals surface area contributed by atoms with Crippen LogP contribution < -0.4 is 5.32 Å². The van der Waals surface area contributed by atoms with E-state index in [9.17, 15) is 13.2 Å². The first-order valence-electron chi connectivity index (χ1n) is 8.84. The molecule has 0 radical (unpaired) electrons. The summed E-state index contributed by atoms with van der Waals surface area (Å²) in [5.41, 5.74) is 1.96. The van der Waals surface area contributed by atoms with Crippen LogP contribution in [-0.4, -0.2) is 42.3 Å². The van der Waals surface area contributed by atoms with Crippen LogP contribution in [0.25, 0.3) is 10.6 Å². The molecule has 2 aromatic rings. The maximum absolute atomic E-state index is 12.0. The minimum atomic E-state index is -2.80. The van der Waals surface area contributed by atoms with Gasteiger partial charge in [0.2, 0.25) is 5.91 Å². The largest absolute Gasteiger partial charge is 0.356 e. The number of nitrogens with zero attached hydrogens (tertiary/aromatic N) is 2. The van der Waals surface area contributed by atoms with Crippen molar-refractivity contribution in [2.24, 2.45) is 5.92 Å². The smallest absolute Gasteiger partial charge is 0.220 e. The Morgan fingerprint density at radius 3 is 2.85 bits per heavy atom. The molecule has 26 heavy (non-hydrogen) atoms. The summed E-state index contributed by atoms with van der Waals surface area (Å²) in [4.78, 5) is 20.5. The zero-order valence-electron chi connectivity index (χ0n) is 14.6. The second-order valence-corrected chi connectivity index (χ2v) is 9.73. The van der Waals surface area contributed by atoms with Crippen molar-refractivity contribution in [2.45, 2.75) is 32.1 Å². The number of rotatable bonds is 8. The van der Waals surface area contributed by atoms with Gasteiger partial charge in [0.05, 0.1) is 17.2 Å². The molecule has 0 saturated carbocycles. The molecular weight excluding hydrogens is 370 g/mol. The molecule has 1 atom stereocenters. The standard InChI is InChI=1S/C18H23N3O3S2/c22-17(20-8-1-2-14-7-11-26(23,24)13-14)4-3-16-12-25-18(21-16)15-5-9-19-10-6-15/h5-6,9-10,12,14H,1-4,7-8,11,13H2,(H,20,22). The number of carbonyl (C=O) groups is 1. The number of carbonyl (C=O) groups excluding carboxylic acids is 1. The van der Waals surface area contributed by atoms with Gasteiger partial charge in [0.15, 0.2) is 9.84 Å². The first-order valence-corrected chi connectivity index (χ1v) is 11.5. The maximum Gasteiger partial charge on any atom is 0.220 e. The Morgan fingerprint density at radius 2 is 2.12 bits per heavy atom. The third-order valence-corrected chi connectivity index (χ3v) is 7.30. The number of thiazole rings is 1. The molecule has 0 aliphatic carbocycles. The van der Waals surface area contributed by atoms with Crippen LogP contribution in [-0.2, 0) is 21.1 Å². The molecule has 6 nitrogen and oxygen atoms in total. The van der Waals surface area contributed by atoms with Crippen molar-refractivity contribution in [1.82, 2.24) is 15.3 Å². The van der Waals surface area contributed by atoms with E-state index in [1.807, 2.05) is 17.5 Å². The van der Waals surface area contributed by atoms with E-state index in [-0.39, 0.29) is 11.8 Å². The molecule has 0 aromatic carbocycles. The minimum Gasteiger partial charge on any atom is -0.356 e. The molecule has 1 aliphatic rings. The summed E-state index contributed by atoms with van der Waals surface area (Å²) in [6.07, 6.45) is 6.97. The average Bonchev–Trinajstić information content (AvgIpc) is 3.24. The Hall–Kier alpha value is -1.80. The lowest BCUT2D eigenvalue weighted by Crippen LogP contribution is -2.25. The van der Waals surface area contributed by atoms with Crippen LogP contribution in [0.15, 0.2) is 29.9 Å². The molecule has 3 heterocycles. The van der Waals surface area contributed by atoms with Crippen LogP contribution in [0.3, 0.4) is 0 Å². The highest BCUT2D eigenvalue weighted by Gasteiger charge is 2.27. The highest BCUT2D eigenvalue weighted by molar-refractivity contribution is 7.91. The Kier molecular flexibility index (Phi) is 6.37. The highest BCUT2D eigenvalue weighted by Crippen LogP contribution is 2.24. The number of aryl methyl sites for hydroxylation is 1. The second kappa shape index (κ2) is 8.73. The summed E-state index contributed by atoms with van der Waals surface area (Å²) in [6, 6.07) is 3.84. The monoisotopic (exact) mass is 393 g/mol. The van der Waals surface area contributed by atoms with Crippen molar-refractivity contribution in [1.29, 1.82) is 0 Å². The zero-order chi connectivity index (χ0) is 18.4. The number of amides is 1. The van der Waals surface area contributed by atoms with E-state index in [4.69, 9.17) is 0 Å². The van der Waals surface area contributed by atoms with E-state index in [1.54, 1.807) is 23.7 Å². The fraction of sp³-hybridized carbons (Fsp3) is 0.500. The quantitative estimate of drug-likeness (QED) is 0.696. The molecule has 1 saturated heterocycles. The van der Waals surface area contributed by atoms with Gasteiger partial charge in [0, 0.05) is 36.3 Å². The molecule has 2 aromatic heterocycles. The van der Waals surface area contributed by atoms with Gasteiger partial charge < -0.3 is 5.32 Å². The van der Waals surface area contributed by atoms with E-state index < -0.39 is 9.84 Å². The Bertz CT molecular complexity index is 834. The molecule has 3 rings (SSSR count). The van der Waals surface area contributed by atoms with Gasteiger partial charge in [0.1, 0.15) is 5.01 Å². The topological polar surface area (TPSA) is 89.0 Å². The Balaban J connectivity index is 1.34. The predicted octanol–water partition coefficient (Wildman–Crippen LogP) is 2.47. The van der Waals surface area contributed by atoms with Crippen LogP contribution in [0, 0.1) is 5.92 Å². The highest BCUT2D eigenvalue weighted by atomic mass is 32.2. The van der Waals surface area contributed by atoms with E-state index in [0.29, 0.717) is 30.9 Å². The van der Waals surface area contributed by atoms with Crippen molar-refractivity contribution < 1.29 is 13.2 Å². The Labute approximate surface area is 158 Å². The fourth-order valence-corrected chi connectivity index (χ4v) is 5.87. The second-order valence-electron chi connectivity index (χ2n) is 6.64. The maximum atomic E-state index is 12.0. The molecule has 1 aliphatic heterocycles. The molecule has 0 bridgehead atoms. The Morgan fingerprint density at radius 1 is 1.31 bits per heavy atom. The number of sulfone groups is 1. The van der Waals surface area contributed by atoms with Crippen molar-refractivity contribution in [3.8, 4) is 10.6 Å². The summed E-state index contributed by atoms with van der Waals surface area (Å²) in [5, 5.41) is 5.84. The van der Waals surface area contributed by atoms with E-state index in [2.05, 4.69) is 15.3 Å². The first-order chi connectivity index (χ1) is 12.5. The van der Waals surface area contributed by atoms with Crippen molar-refractivity contribution >= 4 is 27.1 Å². The lowest BCUT2D eigenvalue weighted by molar-refractivity contribution is -0.121. The van der Waals surface area contributed by atoms with Crippen molar-refractivity contribution in [3.63, 3.8) is 0 Å². The zero-order valence-corrected chi connectivity index (χ0v) is 16.2. The summed E-state index contributed by atoms with van der Waals surface area (Å²) in [5.74, 6) is 0.907. The molecular formula is C18H23N3O3S2. The summed E-state index contributed by atoms with van der Waals surface area (Å²) < 4.78 is 22.8. The van der Waals surface area contributed by atoms with Crippen LogP contribution >= 0.6 is 11.3 Å². The van der Waals surface area contributed by atoms with Gasteiger partial charge in [0.25, 0.3) is 0 Å². The molecule has 1 fully saturated rings. The minimum absolute atomic E-state index is 0.0162. The summed E-state index contributed by atoms with van der Waals surface area (Å²) in [6.45, 7) is 0.606. The third kappa shape index (κ3) is 5.60. The molecule has 140 valence electrons. The SMILES string of the molecule is O=C(CCc1csc(-c2ccncc2)n1)NCCCC1CCS(=O)(=O)C1. The molecule has 1 N–H and O–H groups in total. The number of aromatic nitrogens is 2. The number of nitrogens with one attached hydrogen (secondary N) is 1. The van der Waals surface area contributed by atoms with Crippen LogP contribution in [0.2, 0.25) is 0 Å². The third-order valence-electron chi connectivity index (χ3n) is 4.53. The van der Waals surface area contributed by atoms with Gasteiger partial charge in [-0.1, -0.05) is 0 Å². The van der Waals surface area contributed by atoms with Crippen LogP contribution in [0.5, 0.6) is 0 Å². The van der Waals surface area contributed by atoms with Gasteiger partial charge in [-0.05, 0) is 43.7 Å². The van der Waals surface area contributed by atoms with Crippen LogP contribution in [0.1, 0.15) is 31.4 Å². The number of hydrogen-bond acceptors (Lipinski definition) is 6. The lowest BCUT2D eigenvalue weighted by Gasteiger charge is -2.08. The van der Waals surface area contributed by atoms with Crippen LogP contribution in [0.4, 0.5) is 0 Å². The number of pyridine rings is 1. The first kappa shape index (κ1) is 19.0. The van der Waals surface area contributed by atoms with Crippen molar-refractivity contribution in [3.05, 3.63) is 35.6 Å². The molecule has 1 unspecified atom stereocenters. The molecule has 0 spiro atoms. The van der Waals surface area contributed by atoms with Gasteiger partial charge >= 0.3 is 0 Å². The predicted molar refractivity (Wildman–Crippen MR) is 103 cm³/mol. The van der Waals surface area contributed by atoms with E-state index >= 15 is 0 Å². The normalized spacial score (nSPS) is 18.7. The van der Waals surface area contributed by atoms with Gasteiger partial charge in [-0.25, -0.2) is 13.4 Å². The van der Waals surface area contributed by atoms with Gasteiger partial charge in [-0.15, -0.1) is 11.3 Å². The van der Waals surface area contributed by atoms with Gasteiger partial charge in [-0.2, -0.15) is 0 Å². The lowest BCUT2D eigenvalue weighted by atomic mass is 10.0. The molecule has 8 heteroatoms. The molecule has 1 amide bonds. The summed E-state index contributed by atoms with van der Waals surface area (Å²) >= 11 is 1.57. The average molecular weight is 394 g/mol. The summed E-state index contributed by atoms with van der Waals surface area (Å²) in [7, 11) is -2.80. The van der Waals surface area contributed by atoms with Gasteiger partial charge in [-0.3, -0.25) is 9.78 Å². The van der Waals surface area contributed by atoms with Crippen molar-refractivity contribution in [2.75, 3.05) is 18.1 Å².